The number of benzene rings is 1. The van der Waals surface area contributed by atoms with Crippen LogP contribution in [0, 0.1) is 29.4 Å². The van der Waals surface area contributed by atoms with Gasteiger partial charge < -0.3 is 0 Å². The Morgan fingerprint density at radius 3 is 2.61 bits per heavy atom. The number of nitro benzene ring substituents is 1. The van der Waals surface area contributed by atoms with Crippen molar-refractivity contribution in [1.82, 2.24) is 4.31 Å². The van der Waals surface area contributed by atoms with Crippen molar-refractivity contribution in [2.24, 2.45) is 0 Å². The van der Waals surface area contributed by atoms with Gasteiger partial charge in [-0.2, -0.15) is 4.31 Å². The molecule has 1 aromatic rings. The van der Waals surface area contributed by atoms with Gasteiger partial charge in [0.05, 0.1) is 16.4 Å². The van der Waals surface area contributed by atoms with Crippen LogP contribution >= 0.6 is 0 Å². The number of hydrogen-bond acceptors (Lipinski definition) is 4. The minimum Gasteiger partial charge on any atom is -0.258 e. The van der Waals surface area contributed by atoms with Gasteiger partial charge in [0.2, 0.25) is 10.0 Å². The topological polar surface area (TPSA) is 80.5 Å². The first kappa shape index (κ1) is 14.2. The molecule has 0 bridgehead atoms. The summed E-state index contributed by atoms with van der Waals surface area (Å²) >= 11 is 0. The molecule has 0 radical (unpaired) electrons. The number of nitrogens with zero attached hydrogens (tertiary/aromatic N) is 2. The fraction of sp³-hybridized carbons (Fsp3) is 0.273. The maximum Gasteiger partial charge on any atom is 0.270 e. The third kappa shape index (κ3) is 2.67. The zero-order chi connectivity index (χ0) is 13.9. The maximum atomic E-state index is 12.1. The Kier molecular flexibility index (Phi) is 4.06. The van der Waals surface area contributed by atoms with Crippen LogP contribution in [0.5, 0.6) is 0 Å². The predicted molar refractivity (Wildman–Crippen MR) is 66.5 cm³/mol. The lowest BCUT2D eigenvalue weighted by molar-refractivity contribution is -0.385. The van der Waals surface area contributed by atoms with Crippen LogP contribution in [0.25, 0.3) is 0 Å². The lowest BCUT2D eigenvalue weighted by Gasteiger charge is -2.15. The summed E-state index contributed by atoms with van der Waals surface area (Å²) in [6, 6.07) is 3.70. The molecule has 0 atom stereocenters. The average molecular weight is 268 g/mol. The molecule has 0 heterocycles. The van der Waals surface area contributed by atoms with E-state index in [9.17, 15) is 18.5 Å². The van der Waals surface area contributed by atoms with Gasteiger partial charge in [-0.25, -0.2) is 8.42 Å². The van der Waals surface area contributed by atoms with E-state index in [2.05, 4.69) is 5.92 Å². The summed E-state index contributed by atoms with van der Waals surface area (Å²) in [5, 5.41) is 10.7. The van der Waals surface area contributed by atoms with Crippen molar-refractivity contribution in [3.8, 4) is 12.3 Å². The number of sulfonamides is 1. The molecule has 18 heavy (non-hydrogen) atoms. The Hall–Kier alpha value is -1.91. The van der Waals surface area contributed by atoms with Crippen LogP contribution in [0.2, 0.25) is 0 Å². The molecule has 0 aromatic heterocycles. The molecule has 0 unspecified atom stereocenters. The molecule has 0 aliphatic carbocycles. The molecular formula is C11H12N2O4S. The van der Waals surface area contributed by atoms with Crippen LogP contribution in [0.3, 0.4) is 0 Å². The van der Waals surface area contributed by atoms with Crippen LogP contribution in [0.1, 0.15) is 5.56 Å². The first-order valence-electron chi connectivity index (χ1n) is 4.95. The summed E-state index contributed by atoms with van der Waals surface area (Å²) in [5.74, 6) is 2.21. The van der Waals surface area contributed by atoms with Crippen LogP contribution in [-0.2, 0) is 10.0 Å². The molecule has 0 amide bonds. The summed E-state index contributed by atoms with van der Waals surface area (Å²) in [6.45, 7) is 1.48. The summed E-state index contributed by atoms with van der Waals surface area (Å²) in [7, 11) is -2.47. The van der Waals surface area contributed by atoms with Gasteiger partial charge in [-0.15, -0.1) is 6.42 Å². The Bertz CT molecular complexity index is 616. The zero-order valence-electron chi connectivity index (χ0n) is 9.95. The van der Waals surface area contributed by atoms with Gasteiger partial charge in [-0.3, -0.25) is 10.1 Å². The van der Waals surface area contributed by atoms with Crippen molar-refractivity contribution in [1.29, 1.82) is 0 Å². The summed E-state index contributed by atoms with van der Waals surface area (Å²) in [5.41, 5.74) is 0.165. The van der Waals surface area contributed by atoms with E-state index in [-0.39, 0.29) is 17.1 Å². The van der Waals surface area contributed by atoms with Crippen LogP contribution in [0.4, 0.5) is 5.69 Å². The van der Waals surface area contributed by atoms with Gasteiger partial charge in [0.15, 0.2) is 0 Å². The number of aryl methyl sites for hydroxylation is 1. The lowest BCUT2D eigenvalue weighted by Crippen LogP contribution is -2.27. The van der Waals surface area contributed by atoms with E-state index in [0.29, 0.717) is 5.56 Å². The van der Waals surface area contributed by atoms with Crippen LogP contribution < -0.4 is 0 Å². The third-order valence-corrected chi connectivity index (χ3v) is 4.33. The van der Waals surface area contributed by atoms with Crippen molar-refractivity contribution in [2.45, 2.75) is 11.8 Å². The van der Waals surface area contributed by atoms with Gasteiger partial charge in [-0.05, 0) is 12.5 Å². The Balaban J connectivity index is 3.37. The molecule has 0 saturated heterocycles. The van der Waals surface area contributed by atoms with Gasteiger partial charge >= 0.3 is 0 Å². The van der Waals surface area contributed by atoms with E-state index in [1.54, 1.807) is 6.92 Å². The van der Waals surface area contributed by atoms with E-state index in [4.69, 9.17) is 6.42 Å². The number of terminal acetylenes is 1. The monoisotopic (exact) mass is 268 g/mol. The quantitative estimate of drug-likeness (QED) is 0.466. The van der Waals surface area contributed by atoms with Gasteiger partial charge in [-0.1, -0.05) is 12.0 Å². The predicted octanol–water partition coefficient (Wildman–Crippen LogP) is 1.16. The first-order valence-corrected chi connectivity index (χ1v) is 6.39. The first-order chi connectivity index (χ1) is 8.30. The normalized spacial score (nSPS) is 11.2. The standard InChI is InChI=1S/C11H12N2O4S/c1-4-7-12(3)18(16,17)11-8-10(13(14)15)6-5-9(11)2/h1,5-6,8H,7H2,2-3H3. The van der Waals surface area contributed by atoms with E-state index < -0.39 is 14.9 Å². The number of non-ortho nitro benzene ring substituents is 1. The molecular weight excluding hydrogens is 256 g/mol. The van der Waals surface area contributed by atoms with E-state index >= 15 is 0 Å². The summed E-state index contributed by atoms with van der Waals surface area (Å²) < 4.78 is 25.2. The molecule has 0 saturated carbocycles. The average Bonchev–Trinajstić information content (AvgIpc) is 2.29. The second-order valence-corrected chi connectivity index (χ2v) is 5.69. The highest BCUT2D eigenvalue weighted by molar-refractivity contribution is 7.89. The largest absolute Gasteiger partial charge is 0.270 e. The number of nitro groups is 1. The second kappa shape index (κ2) is 5.16. The highest BCUT2D eigenvalue weighted by Gasteiger charge is 2.24. The molecule has 0 N–H and O–H groups in total. The van der Waals surface area contributed by atoms with Crippen molar-refractivity contribution in [2.75, 3.05) is 13.6 Å². The fourth-order valence-corrected chi connectivity index (χ4v) is 2.69. The SMILES string of the molecule is C#CCN(C)S(=O)(=O)c1cc([N+](=O)[O-])ccc1C. The third-order valence-electron chi connectivity index (χ3n) is 2.38. The number of rotatable bonds is 4. The van der Waals surface area contributed by atoms with Crippen LogP contribution in [0.15, 0.2) is 23.1 Å². The molecule has 1 aromatic carbocycles. The Morgan fingerprint density at radius 2 is 2.11 bits per heavy atom. The summed E-state index contributed by atoms with van der Waals surface area (Å²) in [6.07, 6.45) is 5.06. The molecule has 0 fully saturated rings. The van der Waals surface area contributed by atoms with Crippen molar-refractivity contribution >= 4 is 15.7 Å². The number of hydrogen-bond donors (Lipinski definition) is 0. The highest BCUT2D eigenvalue weighted by atomic mass is 32.2. The van der Waals surface area contributed by atoms with E-state index in [1.165, 1.54) is 19.2 Å². The minimum absolute atomic E-state index is 0.0928. The van der Waals surface area contributed by atoms with Crippen LogP contribution in [-0.4, -0.2) is 31.2 Å². The van der Waals surface area contributed by atoms with Crippen molar-refractivity contribution in [3.05, 3.63) is 33.9 Å². The molecule has 96 valence electrons. The fourth-order valence-electron chi connectivity index (χ4n) is 1.36. The molecule has 0 aliphatic rings. The van der Waals surface area contributed by atoms with Gasteiger partial charge in [0.1, 0.15) is 0 Å². The molecule has 0 aliphatic heterocycles. The minimum atomic E-state index is -3.80. The zero-order valence-corrected chi connectivity index (χ0v) is 10.8. The van der Waals surface area contributed by atoms with Crippen molar-refractivity contribution in [3.63, 3.8) is 0 Å². The molecule has 7 heteroatoms. The molecule has 0 spiro atoms. The van der Waals surface area contributed by atoms with E-state index in [1.807, 2.05) is 0 Å². The van der Waals surface area contributed by atoms with Gasteiger partial charge in [0, 0.05) is 19.2 Å². The highest BCUT2D eigenvalue weighted by Crippen LogP contribution is 2.23. The van der Waals surface area contributed by atoms with Gasteiger partial charge in [0.25, 0.3) is 5.69 Å². The van der Waals surface area contributed by atoms with E-state index in [0.717, 1.165) is 10.4 Å². The lowest BCUT2D eigenvalue weighted by atomic mass is 10.2. The second-order valence-electron chi connectivity index (χ2n) is 3.67. The van der Waals surface area contributed by atoms with Crippen molar-refractivity contribution < 1.29 is 13.3 Å². The summed E-state index contributed by atoms with van der Waals surface area (Å²) in [4.78, 5) is 9.91. The maximum absolute atomic E-state index is 12.1. The Labute approximate surface area is 105 Å². The molecule has 1 rings (SSSR count). The Morgan fingerprint density at radius 1 is 1.50 bits per heavy atom. The smallest absolute Gasteiger partial charge is 0.258 e. The molecule has 6 nitrogen and oxygen atoms in total.